The van der Waals surface area contributed by atoms with Gasteiger partial charge in [-0.25, -0.2) is 9.37 Å². The summed E-state index contributed by atoms with van der Waals surface area (Å²) in [5.74, 6) is -0.345. The molecule has 4 aromatic rings. The summed E-state index contributed by atoms with van der Waals surface area (Å²) in [6, 6.07) is 17.8. The van der Waals surface area contributed by atoms with E-state index in [0.717, 1.165) is 18.4 Å². The number of fused-ring (bicyclic) bond motifs is 2. The molecule has 3 heterocycles. The largest absolute Gasteiger partial charge is 0.349 e. The van der Waals surface area contributed by atoms with Gasteiger partial charge >= 0.3 is 0 Å². The molecule has 0 spiro atoms. The highest BCUT2D eigenvalue weighted by Gasteiger charge is 2.30. The second kappa shape index (κ2) is 10.6. The topological polar surface area (TPSA) is 67.2 Å². The minimum absolute atomic E-state index is 0.0116. The van der Waals surface area contributed by atoms with Gasteiger partial charge in [-0.3, -0.25) is 9.59 Å². The first-order chi connectivity index (χ1) is 19.0. The highest BCUT2D eigenvalue weighted by atomic mass is 19.1. The lowest BCUT2D eigenvalue weighted by atomic mass is 9.84. The van der Waals surface area contributed by atoms with E-state index < -0.39 is 5.82 Å². The van der Waals surface area contributed by atoms with Gasteiger partial charge in [-0.15, -0.1) is 0 Å². The number of pyridine rings is 1. The van der Waals surface area contributed by atoms with Gasteiger partial charge in [-0.1, -0.05) is 49.6 Å². The van der Waals surface area contributed by atoms with Gasteiger partial charge in [0.25, 0.3) is 11.8 Å². The normalized spacial score (nSPS) is 16.8. The molecule has 7 heteroatoms. The van der Waals surface area contributed by atoms with E-state index in [-0.39, 0.29) is 24.4 Å². The number of hydrogen-bond acceptors (Lipinski definition) is 3. The van der Waals surface area contributed by atoms with Crippen LogP contribution in [0.4, 0.5) is 4.39 Å². The molecule has 2 aliphatic rings. The van der Waals surface area contributed by atoms with Crippen molar-refractivity contribution in [1.82, 2.24) is 19.8 Å². The predicted molar refractivity (Wildman–Crippen MR) is 150 cm³/mol. The summed E-state index contributed by atoms with van der Waals surface area (Å²) >= 11 is 0. The molecule has 1 aliphatic carbocycles. The minimum atomic E-state index is -0.427. The van der Waals surface area contributed by atoms with E-state index in [0.29, 0.717) is 52.4 Å². The van der Waals surface area contributed by atoms with Crippen molar-refractivity contribution in [1.29, 1.82) is 0 Å². The molecule has 1 aliphatic heterocycles. The summed E-state index contributed by atoms with van der Waals surface area (Å²) < 4.78 is 16.6. The molecule has 2 aromatic carbocycles. The Kier molecular flexibility index (Phi) is 6.90. The monoisotopic (exact) mass is 524 g/mol. The number of benzene rings is 2. The minimum Gasteiger partial charge on any atom is -0.349 e. The van der Waals surface area contributed by atoms with Crippen LogP contribution in [0.15, 0.2) is 66.9 Å². The summed E-state index contributed by atoms with van der Waals surface area (Å²) in [4.78, 5) is 34.3. The first-order valence-electron chi connectivity index (χ1n) is 13.9. The first kappa shape index (κ1) is 25.3. The van der Waals surface area contributed by atoms with Crippen LogP contribution in [0.1, 0.15) is 65.4 Å². The number of halogens is 1. The van der Waals surface area contributed by atoms with E-state index in [1.807, 2.05) is 53.2 Å². The van der Waals surface area contributed by atoms with Crippen molar-refractivity contribution in [3.63, 3.8) is 0 Å². The summed E-state index contributed by atoms with van der Waals surface area (Å²) in [5, 5.41) is 3.72. The molecule has 2 amide bonds. The molecule has 2 aromatic heterocycles. The van der Waals surface area contributed by atoms with Gasteiger partial charge in [-0.05, 0) is 56.0 Å². The zero-order valence-electron chi connectivity index (χ0n) is 22.2. The molecular formula is C32H33FN4O2. The zero-order chi connectivity index (χ0) is 26.9. The van der Waals surface area contributed by atoms with Gasteiger partial charge < -0.3 is 14.8 Å². The predicted octanol–water partition coefficient (Wildman–Crippen LogP) is 6.20. The summed E-state index contributed by atoms with van der Waals surface area (Å²) in [7, 11) is 0. The number of aromatic nitrogens is 2. The molecule has 200 valence electrons. The number of amides is 2. The Bertz CT molecular complexity index is 1520. The molecule has 0 bridgehead atoms. The molecule has 1 saturated carbocycles. The number of nitrogens with zero attached hydrogens (tertiary/aromatic N) is 3. The molecule has 1 atom stereocenters. The van der Waals surface area contributed by atoms with E-state index in [1.165, 1.54) is 31.4 Å². The lowest BCUT2D eigenvalue weighted by Gasteiger charge is -2.31. The Morgan fingerprint density at radius 3 is 2.64 bits per heavy atom. The molecule has 6 nitrogen and oxygen atoms in total. The maximum atomic E-state index is 14.6. The van der Waals surface area contributed by atoms with Crippen LogP contribution < -0.4 is 5.32 Å². The van der Waals surface area contributed by atoms with E-state index in [1.54, 1.807) is 11.0 Å². The van der Waals surface area contributed by atoms with Crippen molar-refractivity contribution in [2.75, 3.05) is 6.54 Å². The van der Waals surface area contributed by atoms with Crippen LogP contribution in [0, 0.1) is 11.7 Å². The Morgan fingerprint density at radius 2 is 1.85 bits per heavy atom. The first-order valence-corrected chi connectivity index (χ1v) is 13.9. The number of rotatable bonds is 6. The van der Waals surface area contributed by atoms with Gasteiger partial charge in [-0.2, -0.15) is 0 Å². The third-order valence-corrected chi connectivity index (χ3v) is 8.33. The Morgan fingerprint density at radius 1 is 1.05 bits per heavy atom. The second-order valence-corrected chi connectivity index (χ2v) is 10.8. The van der Waals surface area contributed by atoms with Crippen molar-refractivity contribution < 1.29 is 14.0 Å². The molecule has 1 fully saturated rings. The lowest BCUT2D eigenvalue weighted by Crippen LogP contribution is -2.41. The van der Waals surface area contributed by atoms with E-state index in [2.05, 4.69) is 12.2 Å². The molecule has 0 radical (unpaired) electrons. The van der Waals surface area contributed by atoms with Gasteiger partial charge in [0.1, 0.15) is 11.5 Å². The maximum Gasteiger partial charge on any atom is 0.270 e. The average molecular weight is 525 g/mol. The van der Waals surface area contributed by atoms with Crippen molar-refractivity contribution in [3.05, 3.63) is 89.5 Å². The molecule has 0 saturated heterocycles. The SMILES string of the molecule is C[C@H](NC(=O)c1c(CN2CCn3cccc3C2=O)c(-c2ccccc2)nc2ccc(F)cc12)C1CCCCC1. The van der Waals surface area contributed by atoms with Crippen LogP contribution in [0.3, 0.4) is 0 Å². The van der Waals surface area contributed by atoms with Crippen molar-refractivity contribution in [3.8, 4) is 11.3 Å². The smallest absolute Gasteiger partial charge is 0.270 e. The summed E-state index contributed by atoms with van der Waals surface area (Å²) in [6.45, 7) is 3.45. The number of nitrogens with one attached hydrogen (secondary N) is 1. The van der Waals surface area contributed by atoms with Crippen molar-refractivity contribution in [2.24, 2.45) is 5.92 Å². The van der Waals surface area contributed by atoms with Crippen LogP contribution in [-0.2, 0) is 13.1 Å². The fraction of sp³-hybridized carbons (Fsp3) is 0.344. The molecule has 0 unspecified atom stereocenters. The van der Waals surface area contributed by atoms with Crippen LogP contribution in [0.2, 0.25) is 0 Å². The van der Waals surface area contributed by atoms with Gasteiger partial charge in [0.15, 0.2) is 0 Å². The second-order valence-electron chi connectivity index (χ2n) is 10.8. The Balaban J connectivity index is 1.48. The highest BCUT2D eigenvalue weighted by molar-refractivity contribution is 6.09. The molecule has 1 N–H and O–H groups in total. The zero-order valence-corrected chi connectivity index (χ0v) is 22.2. The van der Waals surface area contributed by atoms with Crippen molar-refractivity contribution in [2.45, 2.75) is 58.2 Å². The number of carbonyl (C=O) groups is 2. The summed E-state index contributed by atoms with van der Waals surface area (Å²) in [6.07, 6.45) is 7.69. The Labute approximate surface area is 227 Å². The van der Waals surface area contributed by atoms with Crippen LogP contribution in [-0.4, -0.2) is 38.9 Å². The fourth-order valence-corrected chi connectivity index (χ4v) is 6.19. The average Bonchev–Trinajstić information content (AvgIpc) is 3.45. The summed E-state index contributed by atoms with van der Waals surface area (Å²) in [5.41, 5.74) is 3.70. The number of carbonyl (C=O) groups excluding carboxylic acids is 2. The quantitative estimate of drug-likeness (QED) is 0.327. The van der Waals surface area contributed by atoms with Gasteiger partial charge in [0, 0.05) is 48.4 Å². The third-order valence-electron chi connectivity index (χ3n) is 8.33. The van der Waals surface area contributed by atoms with Gasteiger partial charge in [0.05, 0.1) is 16.8 Å². The Hall–Kier alpha value is -4.00. The highest BCUT2D eigenvalue weighted by Crippen LogP contribution is 2.33. The van der Waals surface area contributed by atoms with Crippen LogP contribution in [0.5, 0.6) is 0 Å². The lowest BCUT2D eigenvalue weighted by molar-refractivity contribution is 0.0688. The number of hydrogen-bond donors (Lipinski definition) is 1. The van der Waals surface area contributed by atoms with Gasteiger partial charge in [0.2, 0.25) is 0 Å². The van der Waals surface area contributed by atoms with E-state index in [9.17, 15) is 14.0 Å². The van der Waals surface area contributed by atoms with E-state index in [4.69, 9.17) is 4.98 Å². The standard InChI is InChI=1S/C32H33FN4O2/c1-21(22-9-4-2-5-10-22)34-31(38)29-25-19-24(33)14-15-27(25)35-30(23-11-6-3-7-12-23)26(29)20-37-18-17-36-16-8-13-28(36)32(37)39/h3,6-8,11-16,19,21-22H,2,4-5,9-10,17-18,20H2,1H3,(H,34,38)/t21-/m0/s1. The van der Waals surface area contributed by atoms with E-state index >= 15 is 0 Å². The molecule has 39 heavy (non-hydrogen) atoms. The van der Waals surface area contributed by atoms with Crippen LogP contribution >= 0.6 is 0 Å². The maximum absolute atomic E-state index is 14.6. The fourth-order valence-electron chi connectivity index (χ4n) is 6.19. The molecule has 6 rings (SSSR count). The third kappa shape index (κ3) is 4.93. The van der Waals surface area contributed by atoms with Crippen molar-refractivity contribution >= 4 is 22.7 Å². The molecular weight excluding hydrogens is 491 g/mol. The van der Waals surface area contributed by atoms with Crippen LogP contribution in [0.25, 0.3) is 22.2 Å².